The minimum Gasteiger partial charge on any atom is -0.408 e. The zero-order valence-electron chi connectivity index (χ0n) is 14.2. The fraction of sp³-hybridized carbons (Fsp3) is 0.278. The molecule has 0 spiro atoms. The molecule has 2 heterocycles. The summed E-state index contributed by atoms with van der Waals surface area (Å²) >= 11 is 0. The van der Waals surface area contributed by atoms with Gasteiger partial charge in [0.15, 0.2) is 5.58 Å². The van der Waals surface area contributed by atoms with E-state index in [1.54, 1.807) is 30.5 Å². The molecular weight excluding hydrogens is 320 g/mol. The predicted octanol–water partition coefficient (Wildman–Crippen LogP) is 3.00. The van der Waals surface area contributed by atoms with Crippen molar-refractivity contribution >= 4 is 28.5 Å². The summed E-state index contributed by atoms with van der Waals surface area (Å²) in [5, 5.41) is 2.79. The SMILES string of the molecule is CCCN(CC)c1ccc(C(=O)Nc2ccc3oc(=O)[nH]c3c2)cn1. The molecule has 3 rings (SSSR count). The van der Waals surface area contributed by atoms with Crippen LogP contribution in [0.4, 0.5) is 11.5 Å². The highest BCUT2D eigenvalue weighted by Crippen LogP contribution is 2.17. The fourth-order valence-corrected chi connectivity index (χ4v) is 2.65. The highest BCUT2D eigenvalue weighted by molar-refractivity contribution is 6.04. The molecule has 0 fully saturated rings. The largest absolute Gasteiger partial charge is 0.417 e. The molecule has 2 aromatic heterocycles. The molecule has 0 aliphatic heterocycles. The Morgan fingerprint density at radius 2 is 2.12 bits per heavy atom. The molecule has 0 unspecified atom stereocenters. The Hall–Kier alpha value is -3.09. The first kappa shape index (κ1) is 16.8. The van der Waals surface area contributed by atoms with Crippen molar-refractivity contribution in [3.63, 3.8) is 0 Å². The zero-order chi connectivity index (χ0) is 17.8. The molecule has 7 heteroatoms. The Labute approximate surface area is 144 Å². The van der Waals surface area contributed by atoms with Crippen LogP contribution >= 0.6 is 0 Å². The topological polar surface area (TPSA) is 91.2 Å². The first-order valence-electron chi connectivity index (χ1n) is 8.26. The maximum Gasteiger partial charge on any atom is 0.417 e. The van der Waals surface area contributed by atoms with Crippen LogP contribution in [0.2, 0.25) is 0 Å². The number of hydrogen-bond donors (Lipinski definition) is 2. The van der Waals surface area contributed by atoms with E-state index in [-0.39, 0.29) is 5.91 Å². The van der Waals surface area contributed by atoms with Crippen molar-refractivity contribution in [1.29, 1.82) is 0 Å². The number of amides is 1. The van der Waals surface area contributed by atoms with Gasteiger partial charge in [-0.2, -0.15) is 0 Å². The lowest BCUT2D eigenvalue weighted by molar-refractivity contribution is 0.102. The molecule has 0 aliphatic carbocycles. The van der Waals surface area contributed by atoms with Crippen LogP contribution in [-0.2, 0) is 0 Å². The fourth-order valence-electron chi connectivity index (χ4n) is 2.65. The second-order valence-corrected chi connectivity index (χ2v) is 5.66. The number of carbonyl (C=O) groups excluding carboxylic acids is 1. The highest BCUT2D eigenvalue weighted by Gasteiger charge is 2.10. The smallest absolute Gasteiger partial charge is 0.408 e. The van der Waals surface area contributed by atoms with Crippen molar-refractivity contribution < 1.29 is 9.21 Å². The van der Waals surface area contributed by atoms with Gasteiger partial charge in [-0.05, 0) is 43.7 Å². The molecule has 1 aromatic carbocycles. The Morgan fingerprint density at radius 3 is 2.80 bits per heavy atom. The standard InChI is InChI=1S/C18H20N4O3/c1-3-9-22(4-2)16-8-5-12(11-19-16)17(23)20-13-6-7-15-14(10-13)21-18(24)25-15/h5-8,10-11H,3-4,9H2,1-2H3,(H,20,23)(H,21,24). The Balaban J connectivity index is 1.74. The maximum atomic E-state index is 12.4. The maximum absolute atomic E-state index is 12.4. The normalized spacial score (nSPS) is 10.8. The molecular formula is C18H20N4O3. The summed E-state index contributed by atoms with van der Waals surface area (Å²) in [5.74, 6) is 0.0758. The van der Waals surface area contributed by atoms with Crippen LogP contribution in [-0.4, -0.2) is 29.0 Å². The number of H-pyrrole nitrogens is 1. The Bertz CT molecular complexity index is 927. The van der Waals surface area contributed by atoms with Gasteiger partial charge in [0.25, 0.3) is 5.91 Å². The average Bonchev–Trinajstić information content (AvgIpc) is 2.99. The predicted molar refractivity (Wildman–Crippen MR) is 97.2 cm³/mol. The summed E-state index contributed by atoms with van der Waals surface area (Å²) in [6.07, 6.45) is 2.61. The van der Waals surface area contributed by atoms with Gasteiger partial charge in [0.1, 0.15) is 5.82 Å². The molecule has 0 bridgehead atoms. The number of nitrogens with zero attached hydrogens (tertiary/aromatic N) is 2. The quantitative estimate of drug-likeness (QED) is 0.720. The molecule has 2 N–H and O–H groups in total. The highest BCUT2D eigenvalue weighted by atomic mass is 16.4. The average molecular weight is 340 g/mol. The summed E-state index contributed by atoms with van der Waals surface area (Å²) in [6.45, 7) is 6.00. The third kappa shape index (κ3) is 3.71. The third-order valence-corrected chi connectivity index (χ3v) is 3.89. The van der Waals surface area contributed by atoms with Crippen molar-refractivity contribution in [2.24, 2.45) is 0 Å². The van der Waals surface area contributed by atoms with Gasteiger partial charge in [-0.25, -0.2) is 9.78 Å². The number of carbonyl (C=O) groups is 1. The first-order valence-corrected chi connectivity index (χ1v) is 8.26. The molecule has 0 atom stereocenters. The van der Waals surface area contributed by atoms with Crippen LogP contribution in [0.15, 0.2) is 45.7 Å². The summed E-state index contributed by atoms with van der Waals surface area (Å²) in [7, 11) is 0. The van der Waals surface area contributed by atoms with E-state index in [1.165, 1.54) is 0 Å². The molecule has 25 heavy (non-hydrogen) atoms. The number of oxazole rings is 1. The van der Waals surface area contributed by atoms with Crippen LogP contribution in [0.3, 0.4) is 0 Å². The van der Waals surface area contributed by atoms with Crippen molar-refractivity contribution in [2.45, 2.75) is 20.3 Å². The van der Waals surface area contributed by atoms with Gasteiger partial charge in [0, 0.05) is 25.0 Å². The number of rotatable bonds is 6. The van der Waals surface area contributed by atoms with E-state index in [1.807, 2.05) is 6.07 Å². The second-order valence-electron chi connectivity index (χ2n) is 5.66. The molecule has 3 aromatic rings. The minimum atomic E-state index is -0.522. The van der Waals surface area contributed by atoms with Crippen LogP contribution in [0.25, 0.3) is 11.1 Å². The number of benzene rings is 1. The van der Waals surface area contributed by atoms with Crippen LogP contribution in [0, 0.1) is 0 Å². The van der Waals surface area contributed by atoms with Crippen LogP contribution in [0.5, 0.6) is 0 Å². The molecule has 130 valence electrons. The number of aromatic nitrogens is 2. The summed E-state index contributed by atoms with van der Waals surface area (Å²) in [5.41, 5.74) is 2.02. The van der Waals surface area contributed by atoms with Gasteiger partial charge in [0.05, 0.1) is 11.1 Å². The number of hydrogen-bond acceptors (Lipinski definition) is 5. The number of nitrogens with one attached hydrogen (secondary N) is 2. The van der Waals surface area contributed by atoms with Gasteiger partial charge < -0.3 is 14.6 Å². The second kappa shape index (κ2) is 7.21. The molecule has 0 aliphatic rings. The molecule has 7 nitrogen and oxygen atoms in total. The Kier molecular flexibility index (Phi) is 4.83. The first-order chi connectivity index (χ1) is 12.1. The van der Waals surface area contributed by atoms with Crippen LogP contribution in [0.1, 0.15) is 30.6 Å². The lowest BCUT2D eigenvalue weighted by Crippen LogP contribution is -2.24. The van der Waals surface area contributed by atoms with E-state index in [9.17, 15) is 9.59 Å². The lowest BCUT2D eigenvalue weighted by Gasteiger charge is -2.21. The number of pyridine rings is 1. The Morgan fingerprint density at radius 1 is 1.28 bits per heavy atom. The van der Waals surface area contributed by atoms with Gasteiger partial charge in [-0.3, -0.25) is 9.78 Å². The van der Waals surface area contributed by atoms with E-state index in [0.717, 1.165) is 25.3 Å². The monoisotopic (exact) mass is 340 g/mol. The summed E-state index contributed by atoms with van der Waals surface area (Å²) in [6, 6.07) is 8.58. The van der Waals surface area contributed by atoms with Crippen molar-refractivity contribution in [3.8, 4) is 0 Å². The van der Waals surface area contributed by atoms with Crippen LogP contribution < -0.4 is 16.0 Å². The van der Waals surface area contributed by atoms with E-state index in [4.69, 9.17) is 4.42 Å². The van der Waals surface area contributed by atoms with Gasteiger partial charge >= 0.3 is 5.76 Å². The van der Waals surface area contributed by atoms with Gasteiger partial charge in [0.2, 0.25) is 0 Å². The number of fused-ring (bicyclic) bond motifs is 1. The molecule has 1 amide bonds. The zero-order valence-corrected chi connectivity index (χ0v) is 14.2. The summed E-state index contributed by atoms with van der Waals surface area (Å²) in [4.78, 5) is 32.7. The number of aromatic amines is 1. The molecule has 0 saturated heterocycles. The van der Waals surface area contributed by atoms with Gasteiger partial charge in [-0.15, -0.1) is 0 Å². The van der Waals surface area contributed by atoms with Gasteiger partial charge in [-0.1, -0.05) is 6.92 Å². The molecule has 0 saturated carbocycles. The van der Waals surface area contributed by atoms with Crippen molar-refractivity contribution in [1.82, 2.24) is 9.97 Å². The third-order valence-electron chi connectivity index (χ3n) is 3.89. The number of anilines is 2. The summed E-state index contributed by atoms with van der Waals surface area (Å²) < 4.78 is 4.94. The molecule has 0 radical (unpaired) electrons. The minimum absolute atomic E-state index is 0.261. The van der Waals surface area contributed by atoms with E-state index < -0.39 is 5.76 Å². The van der Waals surface area contributed by atoms with Crippen molar-refractivity contribution in [3.05, 3.63) is 52.6 Å². The van der Waals surface area contributed by atoms with E-state index in [0.29, 0.717) is 22.4 Å². The van der Waals surface area contributed by atoms with E-state index >= 15 is 0 Å². The lowest BCUT2D eigenvalue weighted by atomic mass is 10.2. The van der Waals surface area contributed by atoms with E-state index in [2.05, 4.69) is 34.0 Å². The van der Waals surface area contributed by atoms with Crippen molar-refractivity contribution in [2.75, 3.05) is 23.3 Å².